The molecule has 8 nitrogen and oxygen atoms in total. The van der Waals surface area contributed by atoms with Crippen LogP contribution in [0.15, 0.2) is 23.8 Å². The normalized spacial score (nSPS) is 10.4. The van der Waals surface area contributed by atoms with Crippen LogP contribution in [0, 0.1) is 0 Å². The Morgan fingerprint density at radius 1 is 0.944 bits per heavy atom. The van der Waals surface area contributed by atoms with Gasteiger partial charge in [-0.2, -0.15) is 0 Å². The highest BCUT2D eigenvalue weighted by molar-refractivity contribution is 5.94. The molecule has 0 saturated carbocycles. The summed E-state index contributed by atoms with van der Waals surface area (Å²) in [7, 11) is 0. The predicted octanol–water partition coefficient (Wildman–Crippen LogP) is 0.204. The molecule has 0 fully saturated rings. The Hall–Kier alpha value is -2.64. The average Bonchev–Trinajstić information content (AvgIpc) is 2.15. The van der Waals surface area contributed by atoms with Crippen LogP contribution >= 0.6 is 0 Å². The number of aliphatic carboxylic acids is 4. The zero-order chi connectivity index (χ0) is 14.7. The van der Waals surface area contributed by atoms with E-state index in [0.717, 1.165) is 12.2 Å². The summed E-state index contributed by atoms with van der Waals surface area (Å²) in [4.78, 5) is 39.1. The minimum absolute atomic E-state index is 0.178. The average molecular weight is 260 g/mol. The topological polar surface area (TPSA) is 149 Å². The molecule has 0 aromatic carbocycles. The molecule has 0 aliphatic heterocycles. The monoisotopic (exact) mass is 260 g/mol. The smallest absolute Gasteiger partial charge is 0.331 e. The number of hydrogen-bond donors (Lipinski definition) is 4. The molecule has 0 aromatic rings. The quantitative estimate of drug-likeness (QED) is 0.512. The highest BCUT2D eigenvalue weighted by Gasteiger charge is 2.00. The first-order valence-corrected chi connectivity index (χ1v) is 4.42. The molecule has 8 heteroatoms. The third-order valence-corrected chi connectivity index (χ3v) is 1.23. The van der Waals surface area contributed by atoms with Gasteiger partial charge in [-0.15, -0.1) is 0 Å². The lowest BCUT2D eigenvalue weighted by Crippen LogP contribution is -1.99. The molecule has 4 N–H and O–H groups in total. The van der Waals surface area contributed by atoms with E-state index in [1.165, 1.54) is 6.92 Å². The summed E-state index contributed by atoms with van der Waals surface area (Å²) in [5.74, 6) is -4.61. The standard InChI is InChI=1S/2C5H6O4/c1-3(5(8)9)2-4(6)7;6-4(7)2-1-3-5(8)9/h2H,1H3,(H,6,7)(H,8,9);1-2H,3H2,(H,6,7)(H,8,9)/b3-2-;. The first-order valence-electron chi connectivity index (χ1n) is 4.42. The van der Waals surface area contributed by atoms with E-state index < -0.39 is 23.9 Å². The molecule has 0 heterocycles. The van der Waals surface area contributed by atoms with Crippen LogP contribution in [0.1, 0.15) is 13.3 Å². The van der Waals surface area contributed by atoms with Crippen LogP contribution in [0.4, 0.5) is 0 Å². The van der Waals surface area contributed by atoms with Crippen LogP contribution in [0.2, 0.25) is 0 Å². The lowest BCUT2D eigenvalue weighted by atomic mass is 10.3. The van der Waals surface area contributed by atoms with Crippen molar-refractivity contribution in [2.45, 2.75) is 13.3 Å². The second kappa shape index (κ2) is 9.58. The first-order chi connectivity index (χ1) is 8.16. The summed E-state index contributed by atoms with van der Waals surface area (Å²) >= 11 is 0. The Balaban J connectivity index is 0. The Labute approximate surface area is 101 Å². The molecule has 0 aliphatic rings. The summed E-state index contributed by atoms with van der Waals surface area (Å²) < 4.78 is 0. The summed E-state index contributed by atoms with van der Waals surface area (Å²) in [6, 6.07) is 0. The Bertz CT molecular complexity index is 391. The van der Waals surface area contributed by atoms with E-state index in [2.05, 4.69) is 0 Å². The van der Waals surface area contributed by atoms with Gasteiger partial charge in [0.25, 0.3) is 0 Å². The van der Waals surface area contributed by atoms with Crippen LogP contribution in [-0.4, -0.2) is 44.3 Å². The third-order valence-electron chi connectivity index (χ3n) is 1.23. The number of carboxylic acids is 4. The molecule has 0 aliphatic carbocycles. The summed E-state index contributed by atoms with van der Waals surface area (Å²) in [5.41, 5.74) is -0.178. The molecule has 0 amide bonds. The molecule has 0 saturated heterocycles. The van der Waals surface area contributed by atoms with Crippen molar-refractivity contribution in [1.29, 1.82) is 0 Å². The summed E-state index contributed by atoms with van der Waals surface area (Å²) in [6.45, 7) is 1.22. The van der Waals surface area contributed by atoms with Crippen LogP contribution in [-0.2, 0) is 19.2 Å². The van der Waals surface area contributed by atoms with Crippen LogP contribution in [0.3, 0.4) is 0 Å². The molecule has 0 aromatic heterocycles. The van der Waals surface area contributed by atoms with Crippen LogP contribution in [0.25, 0.3) is 0 Å². The lowest BCUT2D eigenvalue weighted by molar-refractivity contribution is -0.136. The lowest BCUT2D eigenvalue weighted by Gasteiger charge is -1.86. The van der Waals surface area contributed by atoms with Gasteiger partial charge in [0.15, 0.2) is 0 Å². The molecule has 0 rings (SSSR count). The van der Waals surface area contributed by atoms with E-state index in [9.17, 15) is 19.2 Å². The number of hydrogen-bond acceptors (Lipinski definition) is 4. The Kier molecular flexibility index (Phi) is 9.44. The maximum Gasteiger partial charge on any atom is 0.331 e. The van der Waals surface area contributed by atoms with Crippen LogP contribution < -0.4 is 0 Å². The van der Waals surface area contributed by atoms with Crippen molar-refractivity contribution >= 4 is 23.9 Å². The van der Waals surface area contributed by atoms with Gasteiger partial charge in [-0.1, -0.05) is 6.08 Å². The zero-order valence-corrected chi connectivity index (χ0v) is 9.36. The third kappa shape index (κ3) is 15.8. The summed E-state index contributed by atoms with van der Waals surface area (Å²) in [5, 5.41) is 32.0. The maximum absolute atomic E-state index is 9.90. The van der Waals surface area contributed by atoms with E-state index in [4.69, 9.17) is 20.4 Å². The highest BCUT2D eigenvalue weighted by atomic mass is 16.4. The second-order valence-corrected chi connectivity index (χ2v) is 2.81. The van der Waals surface area contributed by atoms with Gasteiger partial charge in [-0.3, -0.25) is 4.79 Å². The van der Waals surface area contributed by atoms with Gasteiger partial charge in [-0.05, 0) is 6.92 Å². The van der Waals surface area contributed by atoms with Gasteiger partial charge in [0.2, 0.25) is 0 Å². The van der Waals surface area contributed by atoms with E-state index in [0.29, 0.717) is 6.08 Å². The number of carboxylic acid groups (broad SMARTS) is 4. The van der Waals surface area contributed by atoms with Crippen molar-refractivity contribution in [2.75, 3.05) is 0 Å². The highest BCUT2D eigenvalue weighted by Crippen LogP contribution is 1.89. The minimum Gasteiger partial charge on any atom is -0.481 e. The number of carbonyl (C=O) groups is 4. The van der Waals surface area contributed by atoms with E-state index >= 15 is 0 Å². The Morgan fingerprint density at radius 3 is 1.67 bits per heavy atom. The maximum atomic E-state index is 9.90. The molecule has 0 spiro atoms. The van der Waals surface area contributed by atoms with E-state index in [-0.39, 0.29) is 12.0 Å². The predicted molar refractivity (Wildman–Crippen MR) is 58.1 cm³/mol. The second-order valence-electron chi connectivity index (χ2n) is 2.81. The van der Waals surface area contributed by atoms with Crippen molar-refractivity contribution in [1.82, 2.24) is 0 Å². The van der Waals surface area contributed by atoms with Crippen molar-refractivity contribution < 1.29 is 39.6 Å². The van der Waals surface area contributed by atoms with Gasteiger partial charge in [0, 0.05) is 17.7 Å². The largest absolute Gasteiger partial charge is 0.481 e. The molecule has 0 unspecified atom stereocenters. The summed E-state index contributed by atoms with van der Waals surface area (Å²) in [6.07, 6.45) is 2.27. The Morgan fingerprint density at radius 2 is 1.44 bits per heavy atom. The molecular weight excluding hydrogens is 248 g/mol. The van der Waals surface area contributed by atoms with Gasteiger partial charge < -0.3 is 20.4 Å². The van der Waals surface area contributed by atoms with Gasteiger partial charge in [-0.25, -0.2) is 14.4 Å². The molecule has 0 radical (unpaired) electrons. The molecular formula is C10H12O8. The zero-order valence-electron chi connectivity index (χ0n) is 9.36. The first kappa shape index (κ1) is 17.7. The molecule has 100 valence electrons. The van der Waals surface area contributed by atoms with E-state index in [1.807, 2.05) is 0 Å². The molecule has 0 atom stereocenters. The molecule has 0 bridgehead atoms. The molecule has 18 heavy (non-hydrogen) atoms. The van der Waals surface area contributed by atoms with Crippen molar-refractivity contribution in [3.63, 3.8) is 0 Å². The van der Waals surface area contributed by atoms with E-state index in [1.54, 1.807) is 0 Å². The SMILES string of the molecule is C/C(=C/C(=O)O)C(=O)O.O=C(O)C=CCC(=O)O. The van der Waals surface area contributed by atoms with Crippen molar-refractivity contribution in [3.8, 4) is 0 Å². The fourth-order valence-electron chi connectivity index (χ4n) is 0.508. The van der Waals surface area contributed by atoms with Crippen LogP contribution in [0.5, 0.6) is 0 Å². The van der Waals surface area contributed by atoms with Crippen molar-refractivity contribution in [3.05, 3.63) is 23.8 Å². The fourth-order valence-corrected chi connectivity index (χ4v) is 0.508. The minimum atomic E-state index is -1.24. The fraction of sp³-hybridized carbons (Fsp3) is 0.200. The number of rotatable bonds is 5. The van der Waals surface area contributed by atoms with Gasteiger partial charge in [0.05, 0.1) is 6.42 Å². The van der Waals surface area contributed by atoms with Gasteiger partial charge in [0.1, 0.15) is 0 Å². The van der Waals surface area contributed by atoms with Gasteiger partial charge >= 0.3 is 23.9 Å². The van der Waals surface area contributed by atoms with Crippen molar-refractivity contribution in [2.24, 2.45) is 0 Å².